The topological polar surface area (TPSA) is 137 Å². The molecule has 11 heteroatoms. The van der Waals surface area contributed by atoms with Gasteiger partial charge in [0.1, 0.15) is 23.9 Å². The molecular formula is C32H44N6O4S. The predicted molar refractivity (Wildman–Crippen MR) is 167 cm³/mol. The lowest BCUT2D eigenvalue weighted by Crippen LogP contribution is -2.39. The highest BCUT2D eigenvalue weighted by Gasteiger charge is 2.44. The molecule has 43 heavy (non-hydrogen) atoms. The molecule has 4 aromatic rings. The first-order valence-corrected chi connectivity index (χ1v) is 17.3. The second kappa shape index (κ2) is 11.6. The summed E-state index contributed by atoms with van der Waals surface area (Å²) in [5.74, 6) is 1.19. The summed E-state index contributed by atoms with van der Waals surface area (Å²) in [6.45, 7) is 7.07. The summed E-state index contributed by atoms with van der Waals surface area (Å²) in [6, 6.07) is 7.92. The molecule has 0 bridgehead atoms. The number of aryl methyl sites for hydroxylation is 1. The Balaban J connectivity index is 1.09. The summed E-state index contributed by atoms with van der Waals surface area (Å²) in [5.41, 5.74) is 5.03. The zero-order valence-electron chi connectivity index (χ0n) is 25.6. The summed E-state index contributed by atoms with van der Waals surface area (Å²) < 4.78 is 28.9. The van der Waals surface area contributed by atoms with E-state index in [4.69, 9.17) is 4.98 Å². The van der Waals surface area contributed by atoms with Crippen LogP contribution in [0.15, 0.2) is 36.8 Å². The molecule has 0 unspecified atom stereocenters. The quantitative estimate of drug-likeness (QED) is 0.218. The summed E-state index contributed by atoms with van der Waals surface area (Å²) in [6.07, 6.45) is 8.65. The number of hydrogen-bond donors (Lipinski definition) is 3. The minimum Gasteiger partial charge on any atom is -0.390 e. The minimum absolute atomic E-state index is 0.0562. The Morgan fingerprint density at radius 3 is 2.60 bits per heavy atom. The fraction of sp³-hybridized carbons (Fsp3) is 0.594. The maximum absolute atomic E-state index is 12.8. The number of aliphatic hydroxyl groups excluding tert-OH is 2. The smallest absolute Gasteiger partial charge is 0.211 e. The zero-order chi connectivity index (χ0) is 30.5. The van der Waals surface area contributed by atoms with Crippen molar-refractivity contribution in [1.29, 1.82) is 0 Å². The number of aromatic amines is 1. The van der Waals surface area contributed by atoms with E-state index in [1.54, 1.807) is 6.33 Å². The molecule has 10 nitrogen and oxygen atoms in total. The largest absolute Gasteiger partial charge is 0.390 e. The molecule has 0 aliphatic heterocycles. The summed E-state index contributed by atoms with van der Waals surface area (Å²) in [5, 5.41) is 23.1. The minimum atomic E-state index is -3.51. The Bertz CT molecular complexity index is 1700. The highest BCUT2D eigenvalue weighted by atomic mass is 32.2. The van der Waals surface area contributed by atoms with Gasteiger partial charge in [-0.15, -0.1) is 0 Å². The van der Waals surface area contributed by atoms with E-state index in [2.05, 4.69) is 47.9 Å². The first-order valence-electron chi connectivity index (χ1n) is 15.5. The monoisotopic (exact) mass is 608 g/mol. The van der Waals surface area contributed by atoms with Gasteiger partial charge in [0.15, 0.2) is 0 Å². The van der Waals surface area contributed by atoms with Crippen molar-refractivity contribution in [3.63, 3.8) is 0 Å². The van der Waals surface area contributed by atoms with E-state index in [1.807, 2.05) is 22.9 Å². The molecule has 3 N–H and O–H groups in total. The van der Waals surface area contributed by atoms with Crippen molar-refractivity contribution in [1.82, 2.24) is 28.8 Å². The maximum Gasteiger partial charge on any atom is 0.211 e. The van der Waals surface area contributed by atoms with Gasteiger partial charge in [0.05, 0.1) is 35.1 Å². The Kier molecular flexibility index (Phi) is 8.12. The summed E-state index contributed by atoms with van der Waals surface area (Å²) >= 11 is 0. The van der Waals surface area contributed by atoms with Crippen LogP contribution in [0.2, 0.25) is 0 Å². The number of nitrogens with zero attached hydrogens (tertiary/aromatic N) is 5. The van der Waals surface area contributed by atoms with Crippen LogP contribution in [0.4, 0.5) is 0 Å². The molecule has 0 spiro atoms. The van der Waals surface area contributed by atoms with Gasteiger partial charge in [0.2, 0.25) is 10.0 Å². The number of H-pyrrole nitrogens is 1. The average Bonchev–Trinajstić information content (AvgIpc) is 3.39. The molecule has 2 aliphatic rings. The molecular weight excluding hydrogens is 564 g/mol. The third-order valence-corrected chi connectivity index (χ3v) is 10.5. The first kappa shape index (κ1) is 30.2. The van der Waals surface area contributed by atoms with Crippen LogP contribution in [0.3, 0.4) is 0 Å². The van der Waals surface area contributed by atoms with Crippen LogP contribution in [0.25, 0.3) is 22.1 Å². The zero-order valence-corrected chi connectivity index (χ0v) is 26.4. The van der Waals surface area contributed by atoms with Crippen molar-refractivity contribution in [2.24, 2.45) is 11.8 Å². The highest BCUT2D eigenvalue weighted by Crippen LogP contribution is 2.39. The lowest BCUT2D eigenvalue weighted by atomic mass is 9.87. The van der Waals surface area contributed by atoms with Gasteiger partial charge >= 0.3 is 0 Å². The van der Waals surface area contributed by atoms with Crippen molar-refractivity contribution in [3.05, 3.63) is 53.9 Å². The van der Waals surface area contributed by atoms with Crippen LogP contribution in [0, 0.1) is 11.8 Å². The van der Waals surface area contributed by atoms with E-state index >= 15 is 0 Å². The molecule has 3 heterocycles. The Labute approximate surface area is 253 Å². The van der Waals surface area contributed by atoms with E-state index in [0.29, 0.717) is 25.3 Å². The lowest BCUT2D eigenvalue weighted by molar-refractivity contribution is 0.00403. The van der Waals surface area contributed by atoms with Gasteiger partial charge in [-0.2, -0.15) is 0 Å². The third kappa shape index (κ3) is 6.50. The molecule has 0 radical (unpaired) electrons. The number of sulfonamides is 1. The van der Waals surface area contributed by atoms with Crippen LogP contribution >= 0.6 is 0 Å². The molecule has 3 aromatic heterocycles. The maximum atomic E-state index is 12.8. The van der Waals surface area contributed by atoms with E-state index < -0.39 is 34.2 Å². The molecule has 1 aromatic carbocycles. The van der Waals surface area contributed by atoms with Gasteiger partial charge in [-0.25, -0.2) is 27.7 Å². The van der Waals surface area contributed by atoms with Crippen LogP contribution in [-0.2, 0) is 28.3 Å². The van der Waals surface area contributed by atoms with E-state index in [9.17, 15) is 18.6 Å². The van der Waals surface area contributed by atoms with Crippen LogP contribution in [0.5, 0.6) is 0 Å². The summed E-state index contributed by atoms with van der Waals surface area (Å²) in [4.78, 5) is 17.2. The second-order valence-corrected chi connectivity index (χ2v) is 15.7. The van der Waals surface area contributed by atoms with Gasteiger partial charge in [0.25, 0.3) is 0 Å². The fourth-order valence-corrected chi connectivity index (χ4v) is 7.41. The lowest BCUT2D eigenvalue weighted by Gasteiger charge is -2.25. The van der Waals surface area contributed by atoms with E-state index in [-0.39, 0.29) is 12.0 Å². The number of fused-ring (bicyclic) bond motifs is 2. The average molecular weight is 609 g/mol. The molecule has 0 saturated heterocycles. The normalized spacial score (nSPS) is 23.2. The molecule has 232 valence electrons. The molecule has 2 saturated carbocycles. The van der Waals surface area contributed by atoms with Crippen LogP contribution in [-0.4, -0.2) is 79.0 Å². The van der Waals surface area contributed by atoms with Crippen molar-refractivity contribution in [3.8, 4) is 0 Å². The van der Waals surface area contributed by atoms with E-state index in [0.717, 1.165) is 52.8 Å². The second-order valence-electron chi connectivity index (χ2n) is 13.7. The number of benzene rings is 1. The molecule has 2 fully saturated rings. The SMILES string of the molecule is CC(C)(C)c1ccc2nc(CCCCN(C[C@H]3C[C@@H](n4ccc5c(CC6CC6)ncnc54)[C@H](O)[C@@H]3O)S(C)(=O)=O)[nH]c2c1. The molecule has 4 atom stereocenters. The van der Waals surface area contributed by atoms with Crippen molar-refractivity contribution >= 4 is 32.1 Å². The van der Waals surface area contributed by atoms with Gasteiger partial charge < -0.3 is 19.8 Å². The molecule has 2 aliphatic carbocycles. The Hall–Kier alpha value is -2.86. The summed E-state index contributed by atoms with van der Waals surface area (Å²) in [7, 11) is -3.51. The van der Waals surface area contributed by atoms with Gasteiger partial charge in [-0.3, -0.25) is 0 Å². The Morgan fingerprint density at radius 1 is 1.09 bits per heavy atom. The molecule has 6 rings (SSSR count). The van der Waals surface area contributed by atoms with Gasteiger partial charge in [0, 0.05) is 37.0 Å². The Morgan fingerprint density at radius 2 is 1.88 bits per heavy atom. The number of hydrogen-bond acceptors (Lipinski definition) is 7. The predicted octanol–water partition coefficient (Wildman–Crippen LogP) is 4.12. The number of unbranched alkanes of at least 4 members (excludes halogenated alkanes) is 1. The fourth-order valence-electron chi connectivity index (χ4n) is 6.49. The van der Waals surface area contributed by atoms with Gasteiger partial charge in [-0.1, -0.05) is 26.8 Å². The van der Waals surface area contributed by atoms with Crippen molar-refractivity contribution in [2.75, 3.05) is 19.3 Å². The van der Waals surface area contributed by atoms with Crippen molar-refractivity contribution in [2.45, 2.75) is 89.4 Å². The van der Waals surface area contributed by atoms with Crippen LogP contribution in [0.1, 0.15) is 76.0 Å². The number of imidazole rings is 1. The number of aromatic nitrogens is 5. The van der Waals surface area contributed by atoms with Crippen LogP contribution < -0.4 is 0 Å². The number of aliphatic hydroxyl groups is 2. The van der Waals surface area contributed by atoms with E-state index in [1.165, 1.54) is 29.0 Å². The van der Waals surface area contributed by atoms with Crippen molar-refractivity contribution < 1.29 is 18.6 Å². The van der Waals surface area contributed by atoms with Gasteiger partial charge in [-0.05, 0) is 73.6 Å². The standard InChI is InChI=1S/C32H44N6O4S/c1-32(2,3)22-10-11-24-26(17-22)36-28(35-24)7-5-6-13-37(43(4,41)42)18-21-16-27(30(40)29(21)39)38-14-12-23-25(15-20-8-9-20)33-19-34-31(23)38/h10-12,14,17,19-21,27,29-30,39-40H,5-9,13,15-16,18H2,1-4H3,(H,35,36)/t21-,27-,29-,30+/m1/s1. The highest BCUT2D eigenvalue weighted by molar-refractivity contribution is 7.88. The number of nitrogens with one attached hydrogen (secondary N) is 1. The third-order valence-electron chi connectivity index (χ3n) is 9.27. The number of rotatable bonds is 11. The first-order chi connectivity index (χ1) is 20.4. The molecule has 0 amide bonds.